The number of hydrogen-bond donors (Lipinski definition) is 2. The zero-order valence-corrected chi connectivity index (χ0v) is 17.5. The molecule has 4 rings (SSSR count). The predicted molar refractivity (Wildman–Crippen MR) is 115 cm³/mol. The van der Waals surface area contributed by atoms with Crippen LogP contribution in [0.5, 0.6) is 5.75 Å². The third kappa shape index (κ3) is 3.11. The van der Waals surface area contributed by atoms with Gasteiger partial charge < -0.3 is 10.0 Å². The Morgan fingerprint density at radius 3 is 2.69 bits per heavy atom. The topological polar surface area (TPSA) is 69.2 Å². The summed E-state index contributed by atoms with van der Waals surface area (Å²) in [7, 11) is 0. The molecule has 1 aliphatic rings. The van der Waals surface area contributed by atoms with Gasteiger partial charge >= 0.3 is 0 Å². The van der Waals surface area contributed by atoms with E-state index in [1.165, 1.54) is 0 Å². The summed E-state index contributed by atoms with van der Waals surface area (Å²) in [6, 6.07) is 8.64. The van der Waals surface area contributed by atoms with Gasteiger partial charge in [0.05, 0.1) is 16.1 Å². The first-order valence-corrected chi connectivity index (χ1v) is 9.84. The number of carbonyl (C=O) groups excluding carboxylic acids is 1. The number of phenolic OH excluding ortho intramolecular Hbond substituents is 1. The van der Waals surface area contributed by atoms with Crippen LogP contribution in [0.15, 0.2) is 43.0 Å². The molecule has 0 radical (unpaired) electrons. The van der Waals surface area contributed by atoms with Gasteiger partial charge in [0.25, 0.3) is 5.91 Å². The number of aromatic nitrogens is 2. The fourth-order valence-electron chi connectivity index (χ4n) is 3.90. The largest absolute Gasteiger partial charge is 0.507 e. The molecule has 0 fully saturated rings. The molecule has 0 saturated carbocycles. The Morgan fingerprint density at radius 1 is 1.24 bits per heavy atom. The number of aryl methyl sites for hydroxylation is 2. The van der Waals surface area contributed by atoms with Crippen LogP contribution in [0.2, 0.25) is 10.0 Å². The minimum atomic E-state index is -0.431. The van der Waals surface area contributed by atoms with Gasteiger partial charge in [0, 0.05) is 17.7 Å². The van der Waals surface area contributed by atoms with Crippen molar-refractivity contribution in [2.24, 2.45) is 0 Å². The van der Waals surface area contributed by atoms with Crippen LogP contribution >= 0.6 is 23.2 Å². The highest BCUT2D eigenvalue weighted by Crippen LogP contribution is 2.45. The van der Waals surface area contributed by atoms with Crippen LogP contribution < -0.4 is 0 Å². The number of benzene rings is 2. The highest BCUT2D eigenvalue weighted by molar-refractivity contribution is 6.42. The summed E-state index contributed by atoms with van der Waals surface area (Å²) in [4.78, 5) is 14.8. The summed E-state index contributed by atoms with van der Waals surface area (Å²) in [5, 5.41) is 18.8. The minimum absolute atomic E-state index is 0.146. The molecule has 1 aliphatic heterocycles. The molecule has 29 heavy (non-hydrogen) atoms. The fraction of sp³-hybridized carbons (Fsp3) is 0.182. The predicted octanol–water partition coefficient (Wildman–Crippen LogP) is 5.44. The highest BCUT2D eigenvalue weighted by atomic mass is 35.5. The molecule has 1 unspecified atom stereocenters. The molecule has 1 atom stereocenters. The first-order valence-electron chi connectivity index (χ1n) is 9.09. The Bertz CT molecular complexity index is 1150. The van der Waals surface area contributed by atoms with Crippen LogP contribution in [0.25, 0.3) is 11.3 Å². The second-order valence-electron chi connectivity index (χ2n) is 7.16. The monoisotopic (exact) mass is 427 g/mol. The number of carbonyl (C=O) groups is 1. The standard InChI is InChI=1S/C22H19Cl2N3O2/c1-4-7-27-20(13-5-6-15(23)16(24)10-13)17-18(25-26-19(17)22(27)29)14-9-11(2)8-12(3)21(14)28/h4-6,8-10,20,28H,1,7H2,2-3H3,(H,25,26). The first-order chi connectivity index (χ1) is 13.8. The molecular weight excluding hydrogens is 409 g/mol. The summed E-state index contributed by atoms with van der Waals surface area (Å²) in [5.74, 6) is -0.0361. The zero-order chi connectivity index (χ0) is 20.9. The number of nitrogens with one attached hydrogen (secondary N) is 1. The average Bonchev–Trinajstić information content (AvgIpc) is 3.21. The summed E-state index contributed by atoms with van der Waals surface area (Å²) < 4.78 is 0. The number of fused-ring (bicyclic) bond motifs is 1. The molecule has 2 heterocycles. The van der Waals surface area contributed by atoms with E-state index in [2.05, 4.69) is 16.8 Å². The average molecular weight is 428 g/mol. The van der Waals surface area contributed by atoms with E-state index in [0.717, 1.165) is 16.7 Å². The molecule has 1 amide bonds. The van der Waals surface area contributed by atoms with Crippen molar-refractivity contribution in [3.8, 4) is 17.0 Å². The molecule has 0 saturated heterocycles. The third-order valence-electron chi connectivity index (χ3n) is 5.15. The van der Waals surface area contributed by atoms with E-state index in [0.29, 0.717) is 39.1 Å². The number of H-pyrrole nitrogens is 1. The second-order valence-corrected chi connectivity index (χ2v) is 7.98. The first kappa shape index (κ1) is 19.6. The number of nitrogens with zero attached hydrogens (tertiary/aromatic N) is 2. The third-order valence-corrected chi connectivity index (χ3v) is 5.89. The lowest BCUT2D eigenvalue weighted by Crippen LogP contribution is -2.29. The molecule has 7 heteroatoms. The number of rotatable bonds is 4. The Morgan fingerprint density at radius 2 is 2.00 bits per heavy atom. The fourth-order valence-corrected chi connectivity index (χ4v) is 4.21. The van der Waals surface area contributed by atoms with Gasteiger partial charge in [0.15, 0.2) is 0 Å². The van der Waals surface area contributed by atoms with Crippen molar-refractivity contribution >= 4 is 29.1 Å². The van der Waals surface area contributed by atoms with Gasteiger partial charge in [-0.2, -0.15) is 5.10 Å². The van der Waals surface area contributed by atoms with E-state index in [9.17, 15) is 9.90 Å². The van der Waals surface area contributed by atoms with E-state index < -0.39 is 6.04 Å². The van der Waals surface area contributed by atoms with Crippen molar-refractivity contribution in [3.05, 3.63) is 81.0 Å². The summed E-state index contributed by atoms with van der Waals surface area (Å²) in [5.41, 5.74) is 4.77. The molecule has 2 aromatic carbocycles. The van der Waals surface area contributed by atoms with E-state index in [1.807, 2.05) is 32.0 Å². The smallest absolute Gasteiger partial charge is 0.273 e. The van der Waals surface area contributed by atoms with Crippen molar-refractivity contribution in [1.29, 1.82) is 0 Å². The SMILES string of the molecule is C=CCN1C(=O)c2[nH]nc(-c3cc(C)cc(C)c3O)c2C1c1ccc(Cl)c(Cl)c1. The Balaban J connectivity index is 1.96. The molecular formula is C22H19Cl2N3O2. The van der Waals surface area contributed by atoms with Crippen LogP contribution in [0, 0.1) is 13.8 Å². The second kappa shape index (κ2) is 7.25. The van der Waals surface area contributed by atoms with Crippen LogP contribution in [-0.2, 0) is 0 Å². The molecule has 1 aromatic heterocycles. The molecule has 0 aliphatic carbocycles. The minimum Gasteiger partial charge on any atom is -0.507 e. The van der Waals surface area contributed by atoms with Crippen molar-refractivity contribution in [2.75, 3.05) is 6.54 Å². The van der Waals surface area contributed by atoms with Crippen molar-refractivity contribution < 1.29 is 9.90 Å². The summed E-state index contributed by atoms with van der Waals surface area (Å²) in [6.07, 6.45) is 1.68. The molecule has 5 nitrogen and oxygen atoms in total. The molecule has 0 bridgehead atoms. The van der Waals surface area contributed by atoms with Gasteiger partial charge in [0.2, 0.25) is 0 Å². The number of aromatic hydroxyl groups is 1. The van der Waals surface area contributed by atoms with E-state index in [-0.39, 0.29) is 11.7 Å². The number of aromatic amines is 1. The highest BCUT2D eigenvalue weighted by Gasteiger charge is 2.42. The van der Waals surface area contributed by atoms with Crippen molar-refractivity contribution in [3.63, 3.8) is 0 Å². The Hall–Kier alpha value is -2.76. The number of halogens is 2. The van der Waals surface area contributed by atoms with Crippen LogP contribution in [0.4, 0.5) is 0 Å². The van der Waals surface area contributed by atoms with Crippen molar-refractivity contribution in [1.82, 2.24) is 15.1 Å². The lowest BCUT2D eigenvalue weighted by atomic mass is 9.94. The number of amides is 1. The Kier molecular flexibility index (Phi) is 4.89. The maximum absolute atomic E-state index is 13.1. The quantitative estimate of drug-likeness (QED) is 0.544. The maximum Gasteiger partial charge on any atom is 0.273 e. The molecule has 0 spiro atoms. The van der Waals surface area contributed by atoms with Gasteiger partial charge in [-0.3, -0.25) is 9.89 Å². The van der Waals surface area contributed by atoms with Gasteiger partial charge in [-0.05, 0) is 48.7 Å². The summed E-state index contributed by atoms with van der Waals surface area (Å²) >= 11 is 12.4. The molecule has 3 aromatic rings. The molecule has 2 N–H and O–H groups in total. The van der Waals surface area contributed by atoms with Crippen LogP contribution in [-0.4, -0.2) is 32.7 Å². The summed E-state index contributed by atoms with van der Waals surface area (Å²) in [6.45, 7) is 7.92. The maximum atomic E-state index is 13.1. The van der Waals surface area contributed by atoms with Crippen LogP contribution in [0.1, 0.15) is 38.8 Å². The van der Waals surface area contributed by atoms with Gasteiger partial charge in [-0.15, -0.1) is 6.58 Å². The Labute approximate surface area is 178 Å². The molecule has 148 valence electrons. The van der Waals surface area contributed by atoms with Gasteiger partial charge in [0.1, 0.15) is 17.1 Å². The lowest BCUT2D eigenvalue weighted by molar-refractivity contribution is 0.0764. The van der Waals surface area contributed by atoms with Crippen LogP contribution in [0.3, 0.4) is 0 Å². The van der Waals surface area contributed by atoms with Gasteiger partial charge in [-0.1, -0.05) is 41.4 Å². The van der Waals surface area contributed by atoms with E-state index in [4.69, 9.17) is 23.2 Å². The lowest BCUT2D eigenvalue weighted by Gasteiger charge is -2.25. The normalized spacial score (nSPS) is 15.7. The van der Waals surface area contributed by atoms with Crippen molar-refractivity contribution in [2.45, 2.75) is 19.9 Å². The number of phenols is 1. The van der Waals surface area contributed by atoms with E-state index in [1.54, 1.807) is 23.1 Å². The number of hydrogen-bond acceptors (Lipinski definition) is 3. The zero-order valence-electron chi connectivity index (χ0n) is 16.0. The van der Waals surface area contributed by atoms with E-state index >= 15 is 0 Å². The van der Waals surface area contributed by atoms with Gasteiger partial charge in [-0.25, -0.2) is 0 Å².